The zero-order valence-electron chi connectivity index (χ0n) is 12.6. The smallest absolute Gasteiger partial charge is 0.257 e. The van der Waals surface area contributed by atoms with E-state index in [0.29, 0.717) is 16.4 Å². The van der Waals surface area contributed by atoms with Crippen LogP contribution >= 0.6 is 11.8 Å². The first kappa shape index (κ1) is 16.1. The molecule has 1 aromatic heterocycles. The molecule has 1 amide bonds. The van der Waals surface area contributed by atoms with Crippen LogP contribution in [0, 0.1) is 17.7 Å². The van der Waals surface area contributed by atoms with Crippen molar-refractivity contribution >= 4 is 28.8 Å². The molecule has 0 aliphatic rings. The molecular formula is C18H13FN2O2S. The molecule has 0 atom stereocenters. The average molecular weight is 340 g/mol. The van der Waals surface area contributed by atoms with E-state index in [-0.39, 0.29) is 24.0 Å². The number of halogens is 1. The molecule has 4 nitrogen and oxygen atoms in total. The number of nitrogens with one attached hydrogen (secondary N) is 1. The molecule has 3 aromatic rings. The van der Waals surface area contributed by atoms with Gasteiger partial charge >= 0.3 is 0 Å². The Balaban J connectivity index is 1.45. The highest BCUT2D eigenvalue weighted by Gasteiger charge is 2.08. The number of fused-ring (bicyclic) bond motifs is 1. The van der Waals surface area contributed by atoms with Crippen molar-refractivity contribution < 1.29 is 13.6 Å². The molecule has 0 bridgehead atoms. The lowest BCUT2D eigenvalue weighted by atomic mass is 10.2. The first-order valence-electron chi connectivity index (χ1n) is 7.20. The summed E-state index contributed by atoms with van der Waals surface area (Å²) in [5, 5.41) is 3.15. The summed E-state index contributed by atoms with van der Waals surface area (Å²) in [5.74, 6) is 5.41. The van der Waals surface area contributed by atoms with Crippen molar-refractivity contribution in [3.05, 3.63) is 59.9 Å². The molecule has 1 N–H and O–H groups in total. The monoisotopic (exact) mass is 340 g/mol. The molecule has 1 heterocycles. The van der Waals surface area contributed by atoms with Crippen LogP contribution in [0.2, 0.25) is 0 Å². The van der Waals surface area contributed by atoms with E-state index in [1.54, 1.807) is 12.1 Å². The number of amides is 1. The summed E-state index contributed by atoms with van der Waals surface area (Å²) in [6, 6.07) is 13.3. The number of hydrogen-bond acceptors (Lipinski definition) is 4. The van der Waals surface area contributed by atoms with Crippen LogP contribution in [0.3, 0.4) is 0 Å². The quantitative estimate of drug-likeness (QED) is 0.585. The van der Waals surface area contributed by atoms with E-state index in [2.05, 4.69) is 22.1 Å². The van der Waals surface area contributed by atoms with Crippen LogP contribution < -0.4 is 5.32 Å². The van der Waals surface area contributed by atoms with Crippen LogP contribution in [0.15, 0.2) is 58.2 Å². The number of thioether (sulfide) groups is 1. The summed E-state index contributed by atoms with van der Waals surface area (Å²) < 4.78 is 18.3. The largest absolute Gasteiger partial charge is 0.431 e. The second kappa shape index (κ2) is 7.66. The normalized spacial score (nSPS) is 10.2. The van der Waals surface area contributed by atoms with Crippen molar-refractivity contribution in [2.75, 3.05) is 12.3 Å². The van der Waals surface area contributed by atoms with E-state index < -0.39 is 0 Å². The average Bonchev–Trinajstić information content (AvgIpc) is 3.01. The van der Waals surface area contributed by atoms with E-state index >= 15 is 0 Å². The Hall–Kier alpha value is -2.78. The van der Waals surface area contributed by atoms with Gasteiger partial charge in [0.1, 0.15) is 11.3 Å². The number of carbonyl (C=O) groups excluding carboxylic acids is 1. The highest BCUT2D eigenvalue weighted by atomic mass is 32.2. The number of para-hydroxylation sites is 2. The number of benzene rings is 2. The van der Waals surface area contributed by atoms with Gasteiger partial charge in [-0.3, -0.25) is 4.79 Å². The Labute approximate surface area is 142 Å². The maximum absolute atomic E-state index is 12.8. The molecule has 0 saturated carbocycles. The zero-order valence-corrected chi connectivity index (χ0v) is 13.4. The van der Waals surface area contributed by atoms with Crippen LogP contribution in [0.5, 0.6) is 0 Å². The maximum atomic E-state index is 12.8. The number of rotatable bonds is 4. The van der Waals surface area contributed by atoms with Crippen LogP contribution in [-0.2, 0) is 4.79 Å². The van der Waals surface area contributed by atoms with Crippen molar-refractivity contribution in [1.82, 2.24) is 10.3 Å². The van der Waals surface area contributed by atoms with Crippen LogP contribution in [0.25, 0.3) is 11.1 Å². The summed E-state index contributed by atoms with van der Waals surface area (Å²) in [4.78, 5) is 16.1. The van der Waals surface area contributed by atoms with Gasteiger partial charge in [-0.25, -0.2) is 9.37 Å². The van der Waals surface area contributed by atoms with E-state index in [9.17, 15) is 9.18 Å². The minimum Gasteiger partial charge on any atom is -0.431 e. The van der Waals surface area contributed by atoms with Gasteiger partial charge in [0.25, 0.3) is 5.22 Å². The van der Waals surface area contributed by atoms with Crippen LogP contribution in [0.4, 0.5) is 4.39 Å². The van der Waals surface area contributed by atoms with E-state index in [4.69, 9.17) is 4.42 Å². The van der Waals surface area contributed by atoms with E-state index in [1.807, 2.05) is 24.3 Å². The van der Waals surface area contributed by atoms with Crippen LogP contribution in [-0.4, -0.2) is 23.2 Å². The molecule has 120 valence electrons. The molecule has 0 fully saturated rings. The highest BCUT2D eigenvalue weighted by molar-refractivity contribution is 7.99. The fourth-order valence-electron chi connectivity index (χ4n) is 1.91. The lowest BCUT2D eigenvalue weighted by molar-refractivity contribution is -0.118. The SMILES string of the molecule is O=C(CSc1nc2ccccc2o1)NCC#Cc1ccc(F)cc1. The molecule has 0 spiro atoms. The maximum Gasteiger partial charge on any atom is 0.257 e. The third-order valence-corrected chi connectivity index (χ3v) is 3.88. The predicted octanol–water partition coefficient (Wildman–Crippen LogP) is 3.23. The zero-order chi connectivity index (χ0) is 16.8. The van der Waals surface area contributed by atoms with Crippen molar-refractivity contribution in [3.63, 3.8) is 0 Å². The summed E-state index contributed by atoms with van der Waals surface area (Å²) in [6.07, 6.45) is 0. The van der Waals surface area contributed by atoms with Crippen molar-refractivity contribution in [1.29, 1.82) is 0 Å². The fraction of sp³-hybridized carbons (Fsp3) is 0.111. The fourth-order valence-corrected chi connectivity index (χ4v) is 2.58. The second-order valence-electron chi connectivity index (χ2n) is 4.82. The Bertz CT molecular complexity index is 877. The van der Waals surface area contributed by atoms with Gasteiger partial charge in [-0.15, -0.1) is 0 Å². The number of oxazole rings is 1. The highest BCUT2D eigenvalue weighted by Crippen LogP contribution is 2.22. The van der Waals surface area contributed by atoms with Gasteiger partial charge in [0.05, 0.1) is 12.3 Å². The lowest BCUT2D eigenvalue weighted by Crippen LogP contribution is -2.25. The van der Waals surface area contributed by atoms with E-state index in [1.165, 1.54) is 23.9 Å². The Morgan fingerprint density at radius 2 is 2.00 bits per heavy atom. The molecule has 0 saturated heterocycles. The summed E-state index contributed by atoms with van der Waals surface area (Å²) >= 11 is 1.23. The number of nitrogens with zero attached hydrogens (tertiary/aromatic N) is 1. The van der Waals surface area contributed by atoms with Gasteiger partial charge in [0.2, 0.25) is 5.91 Å². The predicted molar refractivity (Wildman–Crippen MR) is 91.0 cm³/mol. The van der Waals surface area contributed by atoms with Gasteiger partial charge in [-0.05, 0) is 36.4 Å². The molecule has 2 aromatic carbocycles. The molecule has 0 unspecified atom stereocenters. The molecule has 0 radical (unpaired) electrons. The molecule has 0 aliphatic carbocycles. The van der Waals surface area contributed by atoms with Gasteiger partial charge in [0, 0.05) is 5.56 Å². The minimum atomic E-state index is -0.301. The summed E-state index contributed by atoms with van der Waals surface area (Å²) in [5.41, 5.74) is 2.17. The molecule has 0 aliphatic heterocycles. The molecule has 3 rings (SSSR count). The summed E-state index contributed by atoms with van der Waals surface area (Å²) in [6.45, 7) is 0.227. The van der Waals surface area contributed by atoms with Crippen molar-refractivity contribution in [2.45, 2.75) is 5.22 Å². The number of hydrogen-bond donors (Lipinski definition) is 1. The Kier molecular flexibility index (Phi) is 5.14. The molecule has 24 heavy (non-hydrogen) atoms. The first-order chi connectivity index (χ1) is 11.7. The first-order valence-corrected chi connectivity index (χ1v) is 8.19. The third-order valence-electron chi connectivity index (χ3n) is 3.05. The Morgan fingerprint density at radius 3 is 2.79 bits per heavy atom. The standard InChI is InChI=1S/C18H13FN2O2S/c19-14-9-7-13(8-10-14)4-3-11-20-17(22)12-24-18-21-15-5-1-2-6-16(15)23-18/h1-2,5-10H,11-12H2,(H,20,22). The van der Waals surface area contributed by atoms with Gasteiger partial charge in [-0.1, -0.05) is 35.7 Å². The Morgan fingerprint density at radius 1 is 1.21 bits per heavy atom. The van der Waals surface area contributed by atoms with E-state index in [0.717, 1.165) is 5.52 Å². The van der Waals surface area contributed by atoms with Crippen molar-refractivity contribution in [3.8, 4) is 11.8 Å². The van der Waals surface area contributed by atoms with Gasteiger partial charge in [-0.2, -0.15) is 0 Å². The topological polar surface area (TPSA) is 55.1 Å². The second-order valence-corrected chi connectivity index (χ2v) is 5.75. The van der Waals surface area contributed by atoms with Crippen LogP contribution in [0.1, 0.15) is 5.56 Å². The molecular weight excluding hydrogens is 327 g/mol. The lowest BCUT2D eigenvalue weighted by Gasteiger charge is -1.98. The number of carbonyl (C=O) groups is 1. The third kappa shape index (κ3) is 4.37. The summed E-state index contributed by atoms with van der Waals surface area (Å²) in [7, 11) is 0. The van der Waals surface area contributed by atoms with Crippen molar-refractivity contribution in [2.24, 2.45) is 0 Å². The number of aromatic nitrogens is 1. The van der Waals surface area contributed by atoms with Gasteiger partial charge < -0.3 is 9.73 Å². The molecule has 6 heteroatoms. The minimum absolute atomic E-state index is 0.157. The van der Waals surface area contributed by atoms with Gasteiger partial charge in [0.15, 0.2) is 5.58 Å².